The van der Waals surface area contributed by atoms with Crippen LogP contribution in [0.15, 0.2) is 12.4 Å². The van der Waals surface area contributed by atoms with Crippen molar-refractivity contribution < 1.29 is 43.2 Å². The molecule has 1 aliphatic heterocycles. The van der Waals surface area contributed by atoms with E-state index in [1.54, 1.807) is 20.0 Å². The molecule has 13 heteroatoms. The van der Waals surface area contributed by atoms with Crippen molar-refractivity contribution in [2.75, 3.05) is 41.5 Å². The van der Waals surface area contributed by atoms with Crippen LogP contribution in [0.5, 0.6) is 0 Å². The molecule has 0 aromatic carbocycles. The highest BCUT2D eigenvalue weighted by Gasteiger charge is 2.49. The Kier molecular flexibility index (Phi) is 14.7. The molecule has 6 unspecified atom stereocenters. The summed E-state index contributed by atoms with van der Waals surface area (Å²) in [5.74, 6) is -7.32. The van der Waals surface area contributed by atoms with Gasteiger partial charge in [-0.05, 0) is 46.8 Å². The fourth-order valence-corrected chi connectivity index (χ4v) is 4.42. The number of carboxylic acids is 1. The van der Waals surface area contributed by atoms with Crippen LogP contribution < -0.4 is 0 Å². The molecule has 216 valence electrons. The van der Waals surface area contributed by atoms with E-state index in [0.717, 1.165) is 19.5 Å². The summed E-state index contributed by atoms with van der Waals surface area (Å²) in [7, 11) is 6.84. The average molecular weight is 543 g/mol. The number of hydrogen-bond acceptors (Lipinski definition) is 11. The summed E-state index contributed by atoms with van der Waals surface area (Å²) in [5.41, 5.74) is 0. The fraction of sp³-hybridized carbons (Fsp3) is 0.760. The third-order valence-electron chi connectivity index (χ3n) is 6.45. The number of methoxy groups -OCH3 is 2. The van der Waals surface area contributed by atoms with Gasteiger partial charge in [-0.25, -0.2) is 0 Å². The number of carboxylic acid groups (broad SMARTS) is 1. The van der Waals surface area contributed by atoms with Gasteiger partial charge in [-0.2, -0.15) is 0 Å². The lowest BCUT2D eigenvalue weighted by Gasteiger charge is -2.31. The van der Waals surface area contributed by atoms with Crippen LogP contribution in [0.4, 0.5) is 0 Å². The van der Waals surface area contributed by atoms with Crippen LogP contribution in [-0.4, -0.2) is 103 Å². The van der Waals surface area contributed by atoms with E-state index in [4.69, 9.17) is 14.2 Å². The normalized spacial score (nSPS) is 20.2. The van der Waals surface area contributed by atoms with Gasteiger partial charge in [0.1, 0.15) is 0 Å². The third-order valence-corrected chi connectivity index (χ3v) is 6.45. The topological polar surface area (TPSA) is 159 Å². The molecule has 0 bridgehead atoms. The zero-order chi connectivity index (χ0) is 28.8. The van der Waals surface area contributed by atoms with Crippen molar-refractivity contribution in [3.8, 4) is 0 Å². The summed E-state index contributed by atoms with van der Waals surface area (Å²) in [6.45, 7) is 7.01. The van der Waals surface area contributed by atoms with Gasteiger partial charge in [0, 0.05) is 27.0 Å². The molecule has 38 heavy (non-hydrogen) atoms. The number of cyclic esters (lactones) is 2. The maximum absolute atomic E-state index is 12.5. The quantitative estimate of drug-likeness (QED) is 0.250. The van der Waals surface area contributed by atoms with E-state index >= 15 is 0 Å². The third kappa shape index (κ3) is 9.76. The Bertz CT molecular complexity index is 874. The molecule has 0 aliphatic carbocycles. The van der Waals surface area contributed by atoms with Gasteiger partial charge in [0.25, 0.3) is 0 Å². The number of carbonyl (C=O) groups excluding carboxylic acids is 3. The van der Waals surface area contributed by atoms with Crippen LogP contribution in [0.2, 0.25) is 0 Å². The van der Waals surface area contributed by atoms with Crippen LogP contribution in [0.1, 0.15) is 40.0 Å². The summed E-state index contributed by atoms with van der Waals surface area (Å²) >= 11 is 0. The van der Waals surface area contributed by atoms with Gasteiger partial charge in [0.05, 0.1) is 48.7 Å². The lowest BCUT2D eigenvalue weighted by atomic mass is 9.78. The molecule has 1 aromatic rings. The highest BCUT2D eigenvalue weighted by molar-refractivity contribution is 5.96. The van der Waals surface area contributed by atoms with Crippen molar-refractivity contribution in [3.63, 3.8) is 0 Å². The first-order valence-corrected chi connectivity index (χ1v) is 12.7. The molecule has 0 saturated carbocycles. The first-order chi connectivity index (χ1) is 18.0. The Morgan fingerprint density at radius 3 is 2.29 bits per heavy atom. The van der Waals surface area contributed by atoms with Gasteiger partial charge < -0.3 is 29.0 Å². The number of hydrogen-bond donors (Lipinski definition) is 1. The molecule has 1 N–H and O–H groups in total. The van der Waals surface area contributed by atoms with E-state index < -0.39 is 59.8 Å². The van der Waals surface area contributed by atoms with Crippen LogP contribution in [0, 0.1) is 23.7 Å². The molecular weight excluding hydrogens is 500 g/mol. The largest absolute Gasteiger partial charge is 0.481 e. The van der Waals surface area contributed by atoms with Crippen molar-refractivity contribution in [1.29, 1.82) is 0 Å². The second-order valence-corrected chi connectivity index (χ2v) is 9.29. The maximum Gasteiger partial charge on any atom is 0.320 e. The zero-order valence-corrected chi connectivity index (χ0v) is 23.4. The minimum absolute atomic E-state index is 0.0729. The minimum atomic E-state index is -1.21. The standard InChI is InChI=1S/C18H28O9.C7H14N4/c1-6-11(24-4)14(15(19)20)10(17(22)26-7-2)8-12(25-5)13-9(3)16(21)27-18(13)23;1-10(2)5-3-6-11-7-4-8-9-11/h9-14H,6-8H2,1-5H3,(H,19,20);4,7H,3,5-6H2,1-2H3. The smallest absolute Gasteiger partial charge is 0.320 e. The fourth-order valence-electron chi connectivity index (χ4n) is 4.42. The summed E-state index contributed by atoms with van der Waals surface area (Å²) in [6.07, 6.45) is 3.33. The van der Waals surface area contributed by atoms with Gasteiger partial charge in [-0.3, -0.25) is 23.9 Å². The molecule has 0 spiro atoms. The molecular formula is C25H42N4O9. The van der Waals surface area contributed by atoms with Crippen molar-refractivity contribution in [2.45, 2.75) is 58.8 Å². The Morgan fingerprint density at radius 2 is 1.87 bits per heavy atom. The molecule has 1 aromatic heterocycles. The van der Waals surface area contributed by atoms with Crippen LogP contribution >= 0.6 is 0 Å². The van der Waals surface area contributed by atoms with Gasteiger partial charge in [0.2, 0.25) is 0 Å². The van der Waals surface area contributed by atoms with Crippen molar-refractivity contribution in [3.05, 3.63) is 12.4 Å². The second kappa shape index (κ2) is 16.8. The second-order valence-electron chi connectivity index (χ2n) is 9.29. The number of aryl methyl sites for hydroxylation is 1. The van der Waals surface area contributed by atoms with Gasteiger partial charge in [-0.15, -0.1) is 5.10 Å². The lowest BCUT2D eigenvalue weighted by molar-refractivity contribution is -0.166. The molecule has 0 amide bonds. The van der Waals surface area contributed by atoms with Gasteiger partial charge in [-0.1, -0.05) is 19.1 Å². The molecule has 0 radical (unpaired) electrons. The molecule has 1 saturated heterocycles. The van der Waals surface area contributed by atoms with Crippen molar-refractivity contribution in [1.82, 2.24) is 19.9 Å². The summed E-state index contributed by atoms with van der Waals surface area (Å²) in [4.78, 5) is 50.3. The van der Waals surface area contributed by atoms with Crippen LogP contribution in [0.3, 0.4) is 0 Å². The first-order valence-electron chi connectivity index (χ1n) is 12.7. The summed E-state index contributed by atoms with van der Waals surface area (Å²) < 4.78 is 22.2. The summed E-state index contributed by atoms with van der Waals surface area (Å²) in [5, 5.41) is 17.3. The van der Waals surface area contributed by atoms with Gasteiger partial charge in [0.15, 0.2) is 0 Å². The number of nitrogens with zero attached hydrogens (tertiary/aromatic N) is 4. The molecule has 2 rings (SSSR count). The lowest BCUT2D eigenvalue weighted by Crippen LogP contribution is -2.44. The summed E-state index contributed by atoms with van der Waals surface area (Å²) in [6, 6.07) is 0. The number of ether oxygens (including phenoxy) is 4. The Balaban J connectivity index is 0.000000544. The Hall–Kier alpha value is -2.90. The number of aliphatic carboxylic acids is 1. The van der Waals surface area contributed by atoms with E-state index in [1.165, 1.54) is 21.1 Å². The average Bonchev–Trinajstić information content (AvgIpc) is 3.47. The Labute approximate surface area is 223 Å². The van der Waals surface area contributed by atoms with E-state index in [2.05, 4.69) is 34.0 Å². The molecule has 6 atom stereocenters. The zero-order valence-electron chi connectivity index (χ0n) is 23.4. The minimum Gasteiger partial charge on any atom is -0.481 e. The molecule has 2 heterocycles. The number of aromatic nitrogens is 3. The predicted molar refractivity (Wildman–Crippen MR) is 135 cm³/mol. The van der Waals surface area contributed by atoms with Crippen LogP contribution in [-0.2, 0) is 44.7 Å². The van der Waals surface area contributed by atoms with Crippen molar-refractivity contribution >= 4 is 23.9 Å². The van der Waals surface area contributed by atoms with E-state index in [9.17, 15) is 24.3 Å². The number of carbonyl (C=O) groups is 4. The molecule has 1 fully saturated rings. The Morgan fingerprint density at radius 1 is 1.18 bits per heavy atom. The highest BCUT2D eigenvalue weighted by atomic mass is 16.6. The molecule has 1 aliphatic rings. The van der Waals surface area contributed by atoms with Crippen molar-refractivity contribution in [2.24, 2.45) is 23.7 Å². The van der Waals surface area contributed by atoms with E-state index in [1.807, 2.05) is 10.9 Å². The monoisotopic (exact) mass is 542 g/mol. The maximum atomic E-state index is 12.5. The van der Waals surface area contributed by atoms with Gasteiger partial charge >= 0.3 is 23.9 Å². The van der Waals surface area contributed by atoms with Crippen LogP contribution in [0.25, 0.3) is 0 Å². The van der Waals surface area contributed by atoms with E-state index in [-0.39, 0.29) is 13.0 Å². The predicted octanol–water partition coefficient (Wildman–Crippen LogP) is 1.26. The highest BCUT2D eigenvalue weighted by Crippen LogP contribution is 2.34. The number of rotatable bonds is 15. The molecule has 13 nitrogen and oxygen atoms in total. The first kappa shape index (κ1) is 33.1. The SMILES string of the molecule is CCOC(=O)C(CC(OC)C1C(=O)OC(=O)C1C)C(C(=O)O)C(CC)OC.CN(C)CCCn1ccnn1. The number of esters is 3. The van der Waals surface area contributed by atoms with E-state index in [0.29, 0.717) is 6.42 Å².